The lowest BCUT2D eigenvalue weighted by molar-refractivity contribution is -0.111. The van der Waals surface area contributed by atoms with E-state index in [0.29, 0.717) is 22.2 Å². The van der Waals surface area contributed by atoms with Gasteiger partial charge < -0.3 is 9.73 Å². The molecular weight excluding hydrogens is 368 g/mol. The first-order valence-corrected chi connectivity index (χ1v) is 10.1. The van der Waals surface area contributed by atoms with Crippen LogP contribution >= 0.6 is 11.3 Å². The molecule has 1 N–H and O–H groups in total. The normalized spacial score (nSPS) is 15.9. The number of fused-ring (bicyclic) bond motifs is 1. The van der Waals surface area contributed by atoms with Gasteiger partial charge in [0.25, 0.3) is 0 Å². The second-order valence-electron chi connectivity index (χ2n) is 7.06. The third-order valence-electron chi connectivity index (χ3n) is 4.94. The Bertz CT molecular complexity index is 1070. The van der Waals surface area contributed by atoms with Gasteiger partial charge in [0.1, 0.15) is 22.6 Å². The minimum absolute atomic E-state index is 0.263. The smallest absolute Gasteiger partial charge is 0.249 e. The maximum absolute atomic E-state index is 12.4. The third-order valence-corrected chi connectivity index (χ3v) is 6.11. The number of rotatable bonds is 4. The summed E-state index contributed by atoms with van der Waals surface area (Å²) in [5.41, 5.74) is 2.73. The first-order valence-electron chi connectivity index (χ1n) is 9.33. The van der Waals surface area contributed by atoms with Gasteiger partial charge in [-0.3, -0.25) is 4.79 Å². The molecule has 2 heterocycles. The Hall–Kier alpha value is -3.10. The molecule has 5 heteroatoms. The SMILES string of the molecule is C[C@@H]1CCc2c(sc(NC(=O)/C=C/c3ccc(-c4ccccc4)o3)c2C#N)C1. The minimum atomic E-state index is -0.263. The lowest BCUT2D eigenvalue weighted by Gasteiger charge is -2.17. The molecule has 0 saturated heterocycles. The van der Waals surface area contributed by atoms with Crippen LogP contribution < -0.4 is 5.32 Å². The standard InChI is InChI=1S/C23H20N2O2S/c1-15-7-10-18-19(14-24)23(28-21(18)13-15)25-22(26)12-9-17-8-11-20(27-17)16-5-3-2-4-6-16/h2-6,8-9,11-12,15H,7,10,13H2,1H3,(H,25,26)/b12-9+/t15-/m1/s1. The Morgan fingerprint density at radius 1 is 1.29 bits per heavy atom. The summed E-state index contributed by atoms with van der Waals surface area (Å²) in [5, 5.41) is 13.1. The van der Waals surface area contributed by atoms with E-state index < -0.39 is 0 Å². The number of thiophene rings is 1. The van der Waals surface area contributed by atoms with Crippen LogP contribution in [0.25, 0.3) is 17.4 Å². The van der Waals surface area contributed by atoms with Gasteiger partial charge >= 0.3 is 0 Å². The lowest BCUT2D eigenvalue weighted by Crippen LogP contribution is -2.10. The van der Waals surface area contributed by atoms with Crippen LogP contribution in [0.15, 0.2) is 53.0 Å². The molecule has 1 atom stereocenters. The van der Waals surface area contributed by atoms with E-state index in [4.69, 9.17) is 4.42 Å². The topological polar surface area (TPSA) is 66.0 Å². The first kappa shape index (κ1) is 18.3. The van der Waals surface area contributed by atoms with Gasteiger partial charge in [-0.25, -0.2) is 0 Å². The number of carbonyl (C=O) groups excluding carboxylic acids is 1. The average molecular weight is 388 g/mol. The largest absolute Gasteiger partial charge is 0.457 e. The Labute approximate surface area is 168 Å². The maximum Gasteiger partial charge on any atom is 0.249 e. The van der Waals surface area contributed by atoms with Gasteiger partial charge in [-0.15, -0.1) is 11.3 Å². The molecule has 1 aliphatic rings. The molecule has 0 saturated carbocycles. The number of carbonyl (C=O) groups is 1. The van der Waals surface area contributed by atoms with E-state index in [1.54, 1.807) is 6.08 Å². The Morgan fingerprint density at radius 2 is 2.11 bits per heavy atom. The molecular formula is C23H20N2O2S. The number of nitriles is 1. The highest BCUT2D eigenvalue weighted by Gasteiger charge is 2.24. The van der Waals surface area contributed by atoms with Crippen molar-refractivity contribution >= 4 is 28.3 Å². The third kappa shape index (κ3) is 3.78. The van der Waals surface area contributed by atoms with Crippen LogP contribution in [-0.4, -0.2) is 5.91 Å². The van der Waals surface area contributed by atoms with Gasteiger partial charge in [-0.1, -0.05) is 37.3 Å². The number of nitrogens with one attached hydrogen (secondary N) is 1. The molecule has 28 heavy (non-hydrogen) atoms. The molecule has 0 unspecified atom stereocenters. The summed E-state index contributed by atoms with van der Waals surface area (Å²) >= 11 is 1.53. The average Bonchev–Trinajstić information content (AvgIpc) is 3.31. The molecule has 2 aromatic heterocycles. The summed E-state index contributed by atoms with van der Waals surface area (Å²) in [4.78, 5) is 13.6. The number of hydrogen-bond acceptors (Lipinski definition) is 4. The zero-order valence-corrected chi connectivity index (χ0v) is 16.4. The van der Waals surface area contributed by atoms with Gasteiger partial charge in [-0.2, -0.15) is 5.26 Å². The molecule has 0 fully saturated rings. The van der Waals surface area contributed by atoms with Crippen LogP contribution in [0.1, 0.15) is 35.1 Å². The molecule has 1 aromatic carbocycles. The molecule has 4 rings (SSSR count). The van der Waals surface area contributed by atoms with Crippen molar-refractivity contribution in [1.82, 2.24) is 0 Å². The van der Waals surface area contributed by atoms with Crippen molar-refractivity contribution in [2.24, 2.45) is 5.92 Å². The highest BCUT2D eigenvalue weighted by Crippen LogP contribution is 2.39. The van der Waals surface area contributed by atoms with Crippen molar-refractivity contribution in [1.29, 1.82) is 5.26 Å². The Balaban J connectivity index is 1.47. The zero-order valence-electron chi connectivity index (χ0n) is 15.6. The number of furan rings is 1. The number of benzene rings is 1. The van der Waals surface area contributed by atoms with Crippen LogP contribution in [0.2, 0.25) is 0 Å². The molecule has 0 spiro atoms. The Morgan fingerprint density at radius 3 is 2.89 bits per heavy atom. The zero-order chi connectivity index (χ0) is 19.5. The summed E-state index contributed by atoms with van der Waals surface area (Å²) in [6.45, 7) is 2.22. The minimum Gasteiger partial charge on any atom is -0.457 e. The highest BCUT2D eigenvalue weighted by atomic mass is 32.1. The molecule has 140 valence electrons. The number of nitrogens with zero attached hydrogens (tertiary/aromatic N) is 1. The first-order chi connectivity index (χ1) is 13.6. The fourth-order valence-electron chi connectivity index (χ4n) is 3.47. The van der Waals surface area contributed by atoms with Crippen LogP contribution in [0.3, 0.4) is 0 Å². The molecule has 0 radical (unpaired) electrons. The lowest BCUT2D eigenvalue weighted by atomic mass is 9.89. The van der Waals surface area contributed by atoms with Crippen LogP contribution in [0.4, 0.5) is 5.00 Å². The van der Waals surface area contributed by atoms with E-state index in [1.807, 2.05) is 42.5 Å². The maximum atomic E-state index is 12.4. The highest BCUT2D eigenvalue weighted by molar-refractivity contribution is 7.16. The van der Waals surface area contributed by atoms with Crippen molar-refractivity contribution in [2.45, 2.75) is 26.2 Å². The van der Waals surface area contributed by atoms with E-state index in [2.05, 4.69) is 18.3 Å². The fourth-order valence-corrected chi connectivity index (χ4v) is 4.83. The summed E-state index contributed by atoms with van der Waals surface area (Å²) < 4.78 is 5.78. The molecule has 1 amide bonds. The molecule has 0 bridgehead atoms. The van der Waals surface area contributed by atoms with Crippen molar-refractivity contribution in [3.63, 3.8) is 0 Å². The quantitative estimate of drug-likeness (QED) is 0.587. The summed E-state index contributed by atoms with van der Waals surface area (Å²) in [7, 11) is 0. The fraction of sp³-hybridized carbons (Fsp3) is 0.217. The van der Waals surface area contributed by atoms with E-state index in [-0.39, 0.29) is 5.91 Å². The molecule has 0 aliphatic heterocycles. The van der Waals surface area contributed by atoms with Crippen molar-refractivity contribution in [3.05, 3.63) is 70.3 Å². The van der Waals surface area contributed by atoms with Crippen LogP contribution in [0, 0.1) is 17.2 Å². The van der Waals surface area contributed by atoms with E-state index in [0.717, 1.165) is 36.1 Å². The van der Waals surface area contributed by atoms with Gasteiger partial charge in [-0.05, 0) is 49.0 Å². The summed E-state index contributed by atoms with van der Waals surface area (Å²) in [6.07, 6.45) is 6.07. The van der Waals surface area contributed by atoms with Crippen molar-refractivity contribution in [2.75, 3.05) is 5.32 Å². The number of amides is 1. The molecule has 4 nitrogen and oxygen atoms in total. The Kier molecular flexibility index (Phi) is 5.14. The van der Waals surface area contributed by atoms with Gasteiger partial charge in [0.2, 0.25) is 5.91 Å². The van der Waals surface area contributed by atoms with Crippen LogP contribution in [-0.2, 0) is 17.6 Å². The molecule has 1 aliphatic carbocycles. The number of hydrogen-bond donors (Lipinski definition) is 1. The second kappa shape index (κ2) is 7.87. The summed E-state index contributed by atoms with van der Waals surface area (Å²) in [6, 6.07) is 15.8. The van der Waals surface area contributed by atoms with Crippen LogP contribution in [0.5, 0.6) is 0 Å². The predicted octanol–water partition coefficient (Wildman–Crippen LogP) is 5.66. The second-order valence-corrected chi connectivity index (χ2v) is 8.16. The van der Waals surface area contributed by atoms with Crippen molar-refractivity contribution < 1.29 is 9.21 Å². The predicted molar refractivity (Wildman–Crippen MR) is 112 cm³/mol. The van der Waals surface area contributed by atoms with E-state index in [1.165, 1.54) is 22.3 Å². The van der Waals surface area contributed by atoms with Gasteiger partial charge in [0.15, 0.2) is 0 Å². The summed E-state index contributed by atoms with van der Waals surface area (Å²) in [5.74, 6) is 1.72. The monoisotopic (exact) mass is 388 g/mol. The van der Waals surface area contributed by atoms with Crippen molar-refractivity contribution in [3.8, 4) is 17.4 Å². The van der Waals surface area contributed by atoms with Gasteiger partial charge in [0, 0.05) is 16.5 Å². The molecule has 3 aromatic rings. The van der Waals surface area contributed by atoms with Gasteiger partial charge in [0.05, 0.1) is 5.56 Å². The number of anilines is 1. The van der Waals surface area contributed by atoms with E-state index >= 15 is 0 Å². The van der Waals surface area contributed by atoms with E-state index in [9.17, 15) is 10.1 Å².